The first-order valence-electron chi connectivity index (χ1n) is 5.38. The molecule has 2 heterocycles. The normalized spacial score (nSPS) is 10.4. The van der Waals surface area contributed by atoms with Crippen LogP contribution in [0.5, 0.6) is 0 Å². The van der Waals surface area contributed by atoms with Crippen LogP contribution in [-0.2, 0) is 7.05 Å². The van der Waals surface area contributed by atoms with Crippen LogP contribution < -0.4 is 5.32 Å². The molecule has 94 valence electrons. The molecule has 1 amide bonds. The maximum absolute atomic E-state index is 11.9. The van der Waals surface area contributed by atoms with E-state index in [-0.39, 0.29) is 11.7 Å². The third-order valence-corrected chi connectivity index (χ3v) is 3.25. The van der Waals surface area contributed by atoms with Crippen molar-refractivity contribution in [3.63, 3.8) is 0 Å². The quantitative estimate of drug-likeness (QED) is 0.864. The van der Waals surface area contributed by atoms with Crippen LogP contribution in [-0.4, -0.2) is 21.2 Å². The molecule has 0 aromatic carbocycles. The van der Waals surface area contributed by atoms with Gasteiger partial charge in [0, 0.05) is 25.5 Å². The number of carbonyl (C=O) groups excluding carboxylic acids is 2. The fourth-order valence-electron chi connectivity index (χ4n) is 1.65. The number of carbonyl (C=O) groups is 2. The first-order chi connectivity index (χ1) is 8.47. The third kappa shape index (κ3) is 2.48. The average molecular weight is 263 g/mol. The second kappa shape index (κ2) is 4.73. The fraction of sp³-hybridized carbons (Fsp3) is 0.250. The molecule has 0 saturated heterocycles. The van der Waals surface area contributed by atoms with E-state index in [2.05, 4.69) is 10.3 Å². The molecule has 1 N–H and O–H groups in total. The van der Waals surface area contributed by atoms with E-state index in [1.54, 1.807) is 29.3 Å². The maximum Gasteiger partial charge on any atom is 0.275 e. The zero-order valence-electron chi connectivity index (χ0n) is 10.4. The Morgan fingerprint density at radius 3 is 2.67 bits per heavy atom. The van der Waals surface area contributed by atoms with Gasteiger partial charge in [-0.05, 0) is 13.0 Å². The summed E-state index contributed by atoms with van der Waals surface area (Å²) in [6.07, 6.45) is 1.70. The highest BCUT2D eigenvalue weighted by molar-refractivity contribution is 7.09. The molecule has 0 radical (unpaired) electrons. The third-order valence-electron chi connectivity index (χ3n) is 2.48. The van der Waals surface area contributed by atoms with E-state index < -0.39 is 0 Å². The van der Waals surface area contributed by atoms with Crippen LogP contribution in [0, 0.1) is 6.92 Å². The minimum atomic E-state index is -0.264. The first-order valence-corrected chi connectivity index (χ1v) is 6.26. The molecule has 0 spiro atoms. The molecule has 0 fully saturated rings. The Kier molecular flexibility index (Phi) is 3.29. The summed E-state index contributed by atoms with van der Waals surface area (Å²) in [4.78, 5) is 27.3. The first kappa shape index (κ1) is 12.5. The molecule has 2 aromatic rings. The van der Waals surface area contributed by atoms with Crippen molar-refractivity contribution >= 4 is 28.7 Å². The number of thiazole rings is 1. The number of ketones is 1. The minimum Gasteiger partial charge on any atom is -0.346 e. The van der Waals surface area contributed by atoms with Crippen LogP contribution in [0.3, 0.4) is 0 Å². The number of rotatable bonds is 3. The Bertz CT molecular complexity index is 613. The summed E-state index contributed by atoms with van der Waals surface area (Å²) in [6, 6.07) is 1.65. The van der Waals surface area contributed by atoms with Crippen LogP contribution in [0.4, 0.5) is 5.69 Å². The zero-order valence-corrected chi connectivity index (χ0v) is 11.2. The molecule has 0 unspecified atom stereocenters. The highest BCUT2D eigenvalue weighted by atomic mass is 32.1. The SMILES string of the molecule is CC(=O)c1cc(NC(=O)c2csc(C)n2)cn1C. The van der Waals surface area contributed by atoms with E-state index in [9.17, 15) is 9.59 Å². The summed E-state index contributed by atoms with van der Waals surface area (Å²) >= 11 is 1.43. The molecule has 0 aliphatic rings. The summed E-state index contributed by atoms with van der Waals surface area (Å²) in [5, 5.41) is 5.27. The Hall–Kier alpha value is -1.95. The lowest BCUT2D eigenvalue weighted by Gasteiger charge is -1.98. The van der Waals surface area contributed by atoms with Crippen LogP contribution in [0.15, 0.2) is 17.6 Å². The van der Waals surface area contributed by atoms with Crippen molar-refractivity contribution in [2.45, 2.75) is 13.8 Å². The Labute approximate surface area is 108 Å². The fourth-order valence-corrected chi connectivity index (χ4v) is 2.24. The Balaban J connectivity index is 2.17. The van der Waals surface area contributed by atoms with E-state index in [1.807, 2.05) is 6.92 Å². The largest absolute Gasteiger partial charge is 0.346 e. The molecular formula is C12H13N3O2S. The number of aromatic nitrogens is 2. The number of anilines is 1. The molecule has 0 bridgehead atoms. The van der Waals surface area contributed by atoms with Crippen molar-refractivity contribution < 1.29 is 9.59 Å². The molecule has 2 rings (SSSR count). The highest BCUT2D eigenvalue weighted by Gasteiger charge is 2.12. The maximum atomic E-state index is 11.9. The Morgan fingerprint density at radius 2 is 2.17 bits per heavy atom. The molecule has 0 aliphatic carbocycles. The van der Waals surface area contributed by atoms with Gasteiger partial charge in [-0.15, -0.1) is 11.3 Å². The average Bonchev–Trinajstić information content (AvgIpc) is 2.85. The minimum absolute atomic E-state index is 0.0394. The van der Waals surface area contributed by atoms with E-state index in [0.29, 0.717) is 17.1 Å². The van der Waals surface area contributed by atoms with Gasteiger partial charge in [0.05, 0.1) is 16.4 Å². The van der Waals surface area contributed by atoms with Gasteiger partial charge >= 0.3 is 0 Å². The molecule has 0 saturated carbocycles. The van der Waals surface area contributed by atoms with Gasteiger partial charge in [0.15, 0.2) is 5.78 Å². The highest BCUT2D eigenvalue weighted by Crippen LogP contribution is 2.15. The second-order valence-electron chi connectivity index (χ2n) is 3.99. The predicted octanol–water partition coefficient (Wildman–Crippen LogP) is 2.24. The molecule has 0 atom stereocenters. The van der Waals surface area contributed by atoms with Gasteiger partial charge in [0.2, 0.25) is 0 Å². The predicted molar refractivity (Wildman–Crippen MR) is 70.2 cm³/mol. The topological polar surface area (TPSA) is 64.0 Å². The zero-order chi connectivity index (χ0) is 13.3. The molecule has 18 heavy (non-hydrogen) atoms. The number of aryl methyl sites for hydroxylation is 2. The van der Waals surface area contributed by atoms with Crippen molar-refractivity contribution in [2.75, 3.05) is 5.32 Å². The van der Waals surface area contributed by atoms with Gasteiger partial charge in [-0.1, -0.05) is 0 Å². The van der Waals surface area contributed by atoms with Crippen LogP contribution in [0.2, 0.25) is 0 Å². The number of nitrogens with zero attached hydrogens (tertiary/aromatic N) is 2. The number of hydrogen-bond acceptors (Lipinski definition) is 4. The van der Waals surface area contributed by atoms with Gasteiger partial charge in [-0.25, -0.2) is 4.98 Å². The van der Waals surface area contributed by atoms with Gasteiger partial charge < -0.3 is 9.88 Å². The van der Waals surface area contributed by atoms with Crippen LogP contribution in [0.1, 0.15) is 32.9 Å². The lowest BCUT2D eigenvalue weighted by molar-refractivity contribution is 0.100. The monoisotopic (exact) mass is 263 g/mol. The Morgan fingerprint density at radius 1 is 1.44 bits per heavy atom. The van der Waals surface area contributed by atoms with E-state index in [1.165, 1.54) is 18.3 Å². The van der Waals surface area contributed by atoms with Gasteiger partial charge in [-0.3, -0.25) is 9.59 Å². The van der Waals surface area contributed by atoms with E-state index >= 15 is 0 Å². The van der Waals surface area contributed by atoms with Crippen molar-refractivity contribution in [2.24, 2.45) is 7.05 Å². The summed E-state index contributed by atoms with van der Waals surface area (Å²) in [7, 11) is 1.76. The van der Waals surface area contributed by atoms with E-state index in [0.717, 1.165) is 5.01 Å². The second-order valence-corrected chi connectivity index (χ2v) is 5.05. The summed E-state index contributed by atoms with van der Waals surface area (Å²) in [6.45, 7) is 3.34. The summed E-state index contributed by atoms with van der Waals surface area (Å²) in [5.74, 6) is -0.303. The summed E-state index contributed by atoms with van der Waals surface area (Å²) in [5.41, 5.74) is 1.55. The lowest BCUT2D eigenvalue weighted by atomic mass is 10.3. The van der Waals surface area contributed by atoms with Crippen molar-refractivity contribution in [1.82, 2.24) is 9.55 Å². The number of Topliss-reactive ketones (excluding diaryl/α,β-unsaturated/α-hetero) is 1. The van der Waals surface area contributed by atoms with Gasteiger partial charge in [0.25, 0.3) is 5.91 Å². The number of hydrogen-bond donors (Lipinski definition) is 1. The van der Waals surface area contributed by atoms with Crippen LogP contribution >= 0.6 is 11.3 Å². The molecule has 5 nitrogen and oxygen atoms in total. The van der Waals surface area contributed by atoms with Gasteiger partial charge in [-0.2, -0.15) is 0 Å². The van der Waals surface area contributed by atoms with Crippen molar-refractivity contribution in [3.05, 3.63) is 34.0 Å². The van der Waals surface area contributed by atoms with Crippen molar-refractivity contribution in [1.29, 1.82) is 0 Å². The molecular weight excluding hydrogens is 250 g/mol. The molecule has 6 heteroatoms. The van der Waals surface area contributed by atoms with Crippen LogP contribution in [0.25, 0.3) is 0 Å². The van der Waals surface area contributed by atoms with Crippen molar-refractivity contribution in [3.8, 4) is 0 Å². The smallest absolute Gasteiger partial charge is 0.275 e. The molecule has 2 aromatic heterocycles. The number of amides is 1. The lowest BCUT2D eigenvalue weighted by Crippen LogP contribution is -2.11. The standard InChI is InChI=1S/C12H13N3O2S/c1-7(16)11-4-9(5-15(11)3)14-12(17)10-6-18-8(2)13-10/h4-6H,1-3H3,(H,14,17). The summed E-state index contributed by atoms with van der Waals surface area (Å²) < 4.78 is 1.68. The van der Waals surface area contributed by atoms with E-state index in [4.69, 9.17) is 0 Å². The van der Waals surface area contributed by atoms with Gasteiger partial charge in [0.1, 0.15) is 5.69 Å². The molecule has 0 aliphatic heterocycles. The number of nitrogens with one attached hydrogen (secondary N) is 1.